The molecule has 0 aliphatic carbocycles. The molecule has 0 amide bonds. The molecule has 0 saturated heterocycles. The van der Waals surface area contributed by atoms with Gasteiger partial charge in [0.15, 0.2) is 0 Å². The smallest absolute Gasteiger partial charge is 0.359 e. The minimum absolute atomic E-state index is 0. The van der Waals surface area contributed by atoms with Gasteiger partial charge in [0.1, 0.15) is 0 Å². The van der Waals surface area contributed by atoms with Crippen molar-refractivity contribution in [3.8, 4) is 0 Å². The van der Waals surface area contributed by atoms with Gasteiger partial charge in [-0.2, -0.15) is 35.9 Å². The molecule has 0 spiro atoms. The molecule has 1 aromatic carbocycles. The van der Waals surface area contributed by atoms with Gasteiger partial charge in [-0.1, -0.05) is 19.3 Å². The van der Waals surface area contributed by atoms with Gasteiger partial charge in [-0.15, -0.1) is 0 Å². The molecule has 2 rings (SSSR count). The van der Waals surface area contributed by atoms with Gasteiger partial charge < -0.3 is 17.6 Å². The summed E-state index contributed by atoms with van der Waals surface area (Å²) in [5.74, 6) is 0. The molecule has 5 heteroatoms. The molecule has 1 heterocycles. The molecule has 0 saturated carbocycles. The molecule has 0 N–H and O–H groups in total. The first kappa shape index (κ1) is 20.6. The maximum atomic E-state index is 3.36. The van der Waals surface area contributed by atoms with Crippen molar-refractivity contribution in [3.63, 3.8) is 0 Å². The van der Waals surface area contributed by atoms with Crippen LogP contribution in [0, 0.1) is 20.4 Å². The van der Waals surface area contributed by atoms with E-state index in [4.69, 9.17) is 0 Å². The molecule has 0 atom stereocenters. The van der Waals surface area contributed by atoms with Gasteiger partial charge in [0.05, 0.1) is 0 Å². The summed E-state index contributed by atoms with van der Waals surface area (Å²) in [6.07, 6.45) is 3.06. The number of nitrogens with zero attached hydrogens (tertiary/aromatic N) is 3. The van der Waals surface area contributed by atoms with Crippen LogP contribution in [0.5, 0.6) is 0 Å². The summed E-state index contributed by atoms with van der Waals surface area (Å²) in [7, 11) is 0. The first-order valence-electron chi connectivity index (χ1n) is 3.57. The Morgan fingerprint density at radius 2 is 1.87 bits per heavy atom. The Morgan fingerprint density at radius 1 is 1.27 bits per heavy atom. The van der Waals surface area contributed by atoms with E-state index in [1.54, 1.807) is 0 Å². The van der Waals surface area contributed by atoms with Crippen LogP contribution in [-0.2, 0) is 53.8 Å². The van der Waals surface area contributed by atoms with E-state index in [1.165, 1.54) is 18.0 Å². The van der Waals surface area contributed by atoms with Crippen LogP contribution >= 0.6 is 0 Å². The summed E-state index contributed by atoms with van der Waals surface area (Å²) in [5, 5.41) is 9.94. The van der Waals surface area contributed by atoms with Gasteiger partial charge in [0, 0.05) is 32.7 Å². The predicted octanol–water partition coefficient (Wildman–Crippen LogP) is 1.67. The maximum absolute atomic E-state index is 3.36. The van der Waals surface area contributed by atoms with Gasteiger partial charge in [-0.3, -0.25) is 5.21 Å². The van der Waals surface area contributed by atoms with E-state index in [0.29, 0.717) is 0 Å². The largest absolute Gasteiger partial charge is 2.00 e. The molecule has 0 fully saturated rings. The second-order valence-corrected chi connectivity index (χ2v) is 2.20. The Bertz CT molecular complexity index is 269. The summed E-state index contributed by atoms with van der Waals surface area (Å²) >= 11 is 0. The Balaban J connectivity index is -0.000000165. The zero-order valence-corrected chi connectivity index (χ0v) is 14.6. The fourth-order valence-electron chi connectivity index (χ4n) is 0.619. The van der Waals surface area contributed by atoms with Crippen molar-refractivity contribution in [3.05, 3.63) is 55.7 Å². The number of hydrogen-bond acceptors (Lipinski definition) is 2. The third-order valence-electron chi connectivity index (χ3n) is 1.19. The van der Waals surface area contributed by atoms with Gasteiger partial charge >= 0.3 is 21.1 Å². The van der Waals surface area contributed by atoms with E-state index in [1.807, 2.05) is 24.3 Å². The zero-order chi connectivity index (χ0) is 8.65. The number of hydrogen-bond donors (Lipinski definition) is 0. The number of benzene rings is 1. The molecule has 15 heavy (non-hydrogen) atoms. The van der Waals surface area contributed by atoms with E-state index >= 15 is 0 Å². The van der Waals surface area contributed by atoms with Crippen molar-refractivity contribution in [2.45, 2.75) is 6.92 Å². The van der Waals surface area contributed by atoms with Gasteiger partial charge in [0.25, 0.3) is 0 Å². The van der Waals surface area contributed by atoms with Crippen LogP contribution < -0.4 is 5.10 Å². The molecule has 0 aliphatic heterocycles. The maximum Gasteiger partial charge on any atom is 2.00 e. The van der Waals surface area contributed by atoms with Crippen LogP contribution in [0.1, 0.15) is 5.56 Å². The monoisotopic (exact) mass is 447 g/mol. The molecule has 0 unspecified atom stereocenters. The fourth-order valence-corrected chi connectivity index (χ4v) is 0.619. The molecule has 77 valence electrons. The van der Waals surface area contributed by atoms with E-state index in [0.717, 1.165) is 0 Å². The van der Waals surface area contributed by atoms with Crippen molar-refractivity contribution in [2.75, 3.05) is 0 Å². The zero-order valence-electron chi connectivity index (χ0n) is 8.79. The molecular formula is C10H12N3WY-. The minimum Gasteiger partial charge on any atom is -0.359 e. The first-order chi connectivity index (χ1) is 5.89. The normalized spacial score (nSPS) is 6.73. The van der Waals surface area contributed by atoms with Crippen LogP contribution in [0.4, 0.5) is 0 Å². The molecule has 0 bridgehead atoms. The van der Waals surface area contributed by atoms with Crippen LogP contribution in [-0.4, -0.2) is 10.3 Å². The molecule has 1 radical (unpaired) electrons. The minimum atomic E-state index is 0. The average molecular weight is 447 g/mol. The molecule has 1 aromatic heterocycles. The van der Waals surface area contributed by atoms with Crippen molar-refractivity contribution in [1.82, 2.24) is 15.4 Å². The van der Waals surface area contributed by atoms with Gasteiger partial charge in [-0.05, 0) is 0 Å². The quantitative estimate of drug-likeness (QED) is 0.578. The molecule has 2 aromatic rings. The Labute approximate surface area is 131 Å². The summed E-state index contributed by atoms with van der Waals surface area (Å²) < 4.78 is 0. The number of aromatic nitrogens is 3. The first-order valence-corrected chi connectivity index (χ1v) is 3.57. The Morgan fingerprint density at radius 3 is 2.07 bits per heavy atom. The molecule has 0 aliphatic rings. The van der Waals surface area contributed by atoms with Crippen molar-refractivity contribution < 1.29 is 53.8 Å². The fraction of sp³-hybridized carbons (Fsp3) is 0.100. The summed E-state index contributed by atoms with van der Waals surface area (Å²) in [6.45, 7) is 2.06. The third kappa shape index (κ3) is 12.1. The Kier molecular flexibility index (Phi) is 19.4. The van der Waals surface area contributed by atoms with Crippen LogP contribution in [0.25, 0.3) is 0 Å². The summed E-state index contributed by atoms with van der Waals surface area (Å²) in [5.41, 5.74) is 1.29. The summed E-state index contributed by atoms with van der Waals surface area (Å²) in [4.78, 5) is 0. The summed E-state index contributed by atoms with van der Waals surface area (Å²) in [6, 6.07) is 10.8. The Hall–Kier alpha value is 0.152. The predicted molar refractivity (Wildman–Crippen MR) is 51.8 cm³/mol. The van der Waals surface area contributed by atoms with E-state index in [9.17, 15) is 0 Å². The van der Waals surface area contributed by atoms with Crippen LogP contribution in [0.3, 0.4) is 0 Å². The van der Waals surface area contributed by atoms with Gasteiger partial charge in [-0.25, -0.2) is 0 Å². The molecular weight excluding hydrogens is 435 g/mol. The topological polar surface area (TPSA) is 39.9 Å². The van der Waals surface area contributed by atoms with E-state index in [-0.39, 0.29) is 61.2 Å². The average Bonchev–Trinajstić information content (AvgIpc) is 2.62. The second kappa shape index (κ2) is 14.2. The van der Waals surface area contributed by atoms with Crippen LogP contribution in [0.2, 0.25) is 0 Å². The van der Waals surface area contributed by atoms with E-state index in [2.05, 4.69) is 28.4 Å². The van der Waals surface area contributed by atoms with Gasteiger partial charge in [0.2, 0.25) is 0 Å². The van der Waals surface area contributed by atoms with Crippen molar-refractivity contribution >= 4 is 0 Å². The number of rotatable bonds is 0. The SMILES string of the molecule is Cc1cc[c-]cc1.[CH3-].[W+2].[Y].c1c[n-]nn1. The van der Waals surface area contributed by atoms with E-state index < -0.39 is 0 Å². The van der Waals surface area contributed by atoms with Crippen LogP contribution in [0.15, 0.2) is 36.7 Å². The number of aryl methyl sites for hydroxylation is 1. The molecule has 3 nitrogen and oxygen atoms in total. The second-order valence-electron chi connectivity index (χ2n) is 2.20. The third-order valence-corrected chi connectivity index (χ3v) is 1.19. The standard InChI is InChI=1S/C7H7.C2H2N3.CH3.W.Y/c1-7-5-3-2-4-6-7;1-2-4-5-3-1;;;/h3-6H,1H3;1-2H;1H3;;/q3*-1;+2;. The van der Waals surface area contributed by atoms with Crippen molar-refractivity contribution in [2.24, 2.45) is 0 Å². The van der Waals surface area contributed by atoms with Crippen molar-refractivity contribution in [1.29, 1.82) is 0 Å².